The van der Waals surface area contributed by atoms with Crippen molar-refractivity contribution in [3.8, 4) is 0 Å². The van der Waals surface area contributed by atoms with Crippen LogP contribution in [0, 0.1) is 11.3 Å². The molecule has 0 aromatic carbocycles. The maximum atomic E-state index is 10.4. The molecule has 0 radical (unpaired) electrons. The van der Waals surface area contributed by atoms with Crippen LogP contribution in [0.3, 0.4) is 0 Å². The Bertz CT molecular complexity index is 176. The lowest BCUT2D eigenvalue weighted by Gasteiger charge is -2.05. The molecular formula is C8H12O2. The van der Waals surface area contributed by atoms with Crippen LogP contribution in [0.4, 0.5) is 0 Å². The first-order valence-corrected chi connectivity index (χ1v) is 3.95. The van der Waals surface area contributed by atoms with E-state index in [0.29, 0.717) is 6.42 Å². The first-order valence-electron chi connectivity index (χ1n) is 3.95. The van der Waals surface area contributed by atoms with Crippen LogP contribution < -0.4 is 0 Å². The molecule has 2 atom stereocenters. The Balaban J connectivity index is 1.99. The Labute approximate surface area is 60.2 Å². The molecule has 2 saturated carbocycles. The summed E-state index contributed by atoms with van der Waals surface area (Å²) in [6, 6.07) is 0. The van der Waals surface area contributed by atoms with E-state index in [2.05, 4.69) is 0 Å². The number of hydrogen-bond donors (Lipinski definition) is 1. The van der Waals surface area contributed by atoms with Gasteiger partial charge >= 0.3 is 5.97 Å². The highest BCUT2D eigenvalue weighted by Crippen LogP contribution is 2.65. The summed E-state index contributed by atoms with van der Waals surface area (Å²) in [6.07, 6.45) is 5.34. The number of carboxylic acids is 1. The highest BCUT2D eigenvalue weighted by atomic mass is 16.4. The molecular weight excluding hydrogens is 128 g/mol. The molecule has 0 amide bonds. The van der Waals surface area contributed by atoms with Crippen molar-refractivity contribution in [1.29, 1.82) is 0 Å². The van der Waals surface area contributed by atoms with E-state index >= 15 is 0 Å². The third-order valence-corrected chi connectivity index (χ3v) is 3.09. The summed E-state index contributed by atoms with van der Waals surface area (Å²) in [6.45, 7) is 0. The number of carboxylic acid groups (broad SMARTS) is 1. The minimum absolute atomic E-state index is 0.284. The minimum Gasteiger partial charge on any atom is -0.481 e. The van der Waals surface area contributed by atoms with E-state index in [1.165, 1.54) is 25.7 Å². The predicted molar refractivity (Wildman–Crippen MR) is 36.6 cm³/mol. The summed E-state index contributed by atoms with van der Waals surface area (Å²) in [5, 5.41) is 8.57. The van der Waals surface area contributed by atoms with Gasteiger partial charge < -0.3 is 5.11 Å². The first kappa shape index (κ1) is 6.20. The molecule has 2 nitrogen and oxygen atoms in total. The molecule has 2 aliphatic carbocycles. The molecule has 0 aromatic heterocycles. The number of aliphatic carboxylic acids is 1. The molecule has 2 unspecified atom stereocenters. The van der Waals surface area contributed by atoms with Gasteiger partial charge in [-0.2, -0.15) is 0 Å². The fourth-order valence-electron chi connectivity index (χ4n) is 2.45. The van der Waals surface area contributed by atoms with Crippen molar-refractivity contribution in [3.05, 3.63) is 0 Å². The standard InChI is InChI=1S/C8H12O2/c9-7(10)5-8-3-1-2-6(8)4-8/h6H,1-5H2,(H,9,10). The van der Waals surface area contributed by atoms with Gasteiger partial charge in [-0.05, 0) is 30.6 Å². The molecule has 2 aliphatic rings. The van der Waals surface area contributed by atoms with Crippen LogP contribution in [0.25, 0.3) is 0 Å². The lowest BCUT2D eigenvalue weighted by atomic mass is 10.00. The SMILES string of the molecule is O=C(O)CC12CCCC1C2. The number of rotatable bonds is 2. The van der Waals surface area contributed by atoms with Crippen molar-refractivity contribution in [2.24, 2.45) is 11.3 Å². The van der Waals surface area contributed by atoms with Crippen LogP contribution in [0.1, 0.15) is 32.1 Å². The summed E-state index contributed by atoms with van der Waals surface area (Å²) >= 11 is 0. The predicted octanol–water partition coefficient (Wildman–Crippen LogP) is 1.65. The molecule has 2 heteroatoms. The quantitative estimate of drug-likeness (QED) is 0.633. The molecule has 0 saturated heterocycles. The summed E-state index contributed by atoms with van der Waals surface area (Å²) in [5.74, 6) is 0.174. The average Bonchev–Trinajstić information content (AvgIpc) is 2.33. The summed E-state index contributed by atoms with van der Waals surface area (Å²) < 4.78 is 0. The number of hydrogen-bond acceptors (Lipinski definition) is 1. The van der Waals surface area contributed by atoms with Crippen molar-refractivity contribution in [2.75, 3.05) is 0 Å². The highest BCUT2D eigenvalue weighted by Gasteiger charge is 2.57. The second-order valence-electron chi connectivity index (χ2n) is 3.73. The van der Waals surface area contributed by atoms with Gasteiger partial charge in [-0.1, -0.05) is 6.42 Å². The first-order chi connectivity index (χ1) is 4.73. The van der Waals surface area contributed by atoms with E-state index in [1.54, 1.807) is 0 Å². The van der Waals surface area contributed by atoms with Gasteiger partial charge in [-0.15, -0.1) is 0 Å². The third kappa shape index (κ3) is 0.746. The maximum absolute atomic E-state index is 10.4. The normalized spacial score (nSPS) is 43.0. The smallest absolute Gasteiger partial charge is 0.303 e. The lowest BCUT2D eigenvalue weighted by molar-refractivity contribution is -0.138. The molecule has 2 fully saturated rings. The van der Waals surface area contributed by atoms with Crippen molar-refractivity contribution < 1.29 is 9.90 Å². The van der Waals surface area contributed by atoms with Gasteiger partial charge in [-0.3, -0.25) is 4.79 Å². The molecule has 56 valence electrons. The van der Waals surface area contributed by atoms with Gasteiger partial charge in [0.1, 0.15) is 0 Å². The van der Waals surface area contributed by atoms with E-state index in [1.807, 2.05) is 0 Å². The summed E-state index contributed by atoms with van der Waals surface area (Å²) in [7, 11) is 0. The van der Waals surface area contributed by atoms with Gasteiger partial charge in [-0.25, -0.2) is 0 Å². The summed E-state index contributed by atoms with van der Waals surface area (Å²) in [5.41, 5.74) is 0.284. The topological polar surface area (TPSA) is 37.3 Å². The Kier molecular flexibility index (Phi) is 1.08. The van der Waals surface area contributed by atoms with Crippen LogP contribution in [-0.4, -0.2) is 11.1 Å². The van der Waals surface area contributed by atoms with E-state index in [0.717, 1.165) is 5.92 Å². The molecule has 0 bridgehead atoms. The average molecular weight is 140 g/mol. The Morgan fingerprint density at radius 2 is 2.50 bits per heavy atom. The van der Waals surface area contributed by atoms with Crippen LogP contribution in [0.5, 0.6) is 0 Å². The van der Waals surface area contributed by atoms with Crippen LogP contribution in [-0.2, 0) is 4.79 Å². The zero-order valence-electron chi connectivity index (χ0n) is 5.97. The molecule has 0 aromatic rings. The van der Waals surface area contributed by atoms with E-state index in [9.17, 15) is 4.79 Å². The van der Waals surface area contributed by atoms with E-state index in [-0.39, 0.29) is 5.41 Å². The van der Waals surface area contributed by atoms with Crippen LogP contribution in [0.15, 0.2) is 0 Å². The monoisotopic (exact) mass is 140 g/mol. The van der Waals surface area contributed by atoms with Gasteiger partial charge in [0.05, 0.1) is 6.42 Å². The van der Waals surface area contributed by atoms with E-state index < -0.39 is 5.97 Å². The third-order valence-electron chi connectivity index (χ3n) is 3.09. The lowest BCUT2D eigenvalue weighted by Crippen LogP contribution is -2.07. The fourth-order valence-corrected chi connectivity index (χ4v) is 2.45. The molecule has 1 N–H and O–H groups in total. The second-order valence-corrected chi connectivity index (χ2v) is 3.73. The van der Waals surface area contributed by atoms with Crippen molar-refractivity contribution >= 4 is 5.97 Å². The Morgan fingerprint density at radius 3 is 2.90 bits per heavy atom. The minimum atomic E-state index is -0.607. The summed E-state index contributed by atoms with van der Waals surface area (Å²) in [4.78, 5) is 10.4. The van der Waals surface area contributed by atoms with Gasteiger partial charge in [0.25, 0.3) is 0 Å². The zero-order valence-corrected chi connectivity index (χ0v) is 5.97. The van der Waals surface area contributed by atoms with Crippen LogP contribution in [0.2, 0.25) is 0 Å². The van der Waals surface area contributed by atoms with E-state index in [4.69, 9.17) is 5.11 Å². The van der Waals surface area contributed by atoms with Gasteiger partial charge in [0.15, 0.2) is 0 Å². The highest BCUT2D eigenvalue weighted by molar-refractivity contribution is 5.68. The van der Waals surface area contributed by atoms with Crippen LogP contribution >= 0.6 is 0 Å². The molecule has 0 aliphatic heterocycles. The largest absolute Gasteiger partial charge is 0.481 e. The Hall–Kier alpha value is -0.530. The molecule has 2 rings (SSSR count). The fraction of sp³-hybridized carbons (Fsp3) is 0.875. The molecule has 0 heterocycles. The van der Waals surface area contributed by atoms with Gasteiger partial charge in [0.2, 0.25) is 0 Å². The second kappa shape index (κ2) is 1.74. The maximum Gasteiger partial charge on any atom is 0.303 e. The number of fused-ring (bicyclic) bond motifs is 1. The molecule has 0 spiro atoms. The van der Waals surface area contributed by atoms with Crippen molar-refractivity contribution in [1.82, 2.24) is 0 Å². The van der Waals surface area contributed by atoms with Crippen molar-refractivity contribution in [3.63, 3.8) is 0 Å². The zero-order chi connectivity index (χ0) is 7.19. The Morgan fingerprint density at radius 1 is 1.70 bits per heavy atom. The van der Waals surface area contributed by atoms with Crippen molar-refractivity contribution in [2.45, 2.75) is 32.1 Å². The van der Waals surface area contributed by atoms with Gasteiger partial charge in [0, 0.05) is 0 Å². The molecule has 10 heavy (non-hydrogen) atoms. The number of carbonyl (C=O) groups is 1.